The first-order chi connectivity index (χ1) is 13.4. The number of aryl methyl sites for hydroxylation is 1. The Morgan fingerprint density at radius 3 is 2.54 bits per heavy atom. The molecule has 28 heavy (non-hydrogen) atoms. The molecule has 3 aromatic rings. The van der Waals surface area contributed by atoms with E-state index >= 15 is 0 Å². The van der Waals surface area contributed by atoms with Crippen LogP contribution in [0.3, 0.4) is 0 Å². The highest BCUT2D eigenvalue weighted by molar-refractivity contribution is 5.98. The fourth-order valence-electron chi connectivity index (χ4n) is 2.62. The lowest BCUT2D eigenvalue weighted by atomic mass is 10.2. The summed E-state index contributed by atoms with van der Waals surface area (Å²) >= 11 is 0. The Kier molecular flexibility index (Phi) is 5.64. The van der Waals surface area contributed by atoms with E-state index in [4.69, 9.17) is 0 Å². The second-order valence-electron chi connectivity index (χ2n) is 6.39. The largest absolute Gasteiger partial charge is 0.376 e. The Hall–Kier alpha value is -3.75. The lowest BCUT2D eigenvalue weighted by molar-refractivity contribution is -0.114. The van der Waals surface area contributed by atoms with Gasteiger partial charge in [0.2, 0.25) is 5.91 Å². The van der Waals surface area contributed by atoms with Gasteiger partial charge in [-0.05, 0) is 40.8 Å². The number of amides is 2. The Labute approximate surface area is 162 Å². The van der Waals surface area contributed by atoms with E-state index in [1.807, 2.05) is 24.3 Å². The zero-order valence-corrected chi connectivity index (χ0v) is 15.9. The first-order valence-electron chi connectivity index (χ1n) is 8.62. The molecule has 2 aromatic carbocycles. The lowest BCUT2D eigenvalue weighted by Gasteiger charge is -2.12. The van der Waals surface area contributed by atoms with Crippen molar-refractivity contribution in [1.82, 2.24) is 25.1 Å². The van der Waals surface area contributed by atoms with Crippen molar-refractivity contribution in [3.63, 3.8) is 0 Å². The summed E-state index contributed by atoms with van der Waals surface area (Å²) in [5, 5.41) is 17.3. The molecule has 144 valence electrons. The van der Waals surface area contributed by atoms with Crippen molar-refractivity contribution in [2.75, 3.05) is 31.3 Å². The van der Waals surface area contributed by atoms with E-state index in [9.17, 15) is 9.59 Å². The van der Waals surface area contributed by atoms with Gasteiger partial charge in [0.1, 0.15) is 0 Å². The van der Waals surface area contributed by atoms with Crippen molar-refractivity contribution in [3.8, 4) is 11.4 Å². The molecule has 0 saturated carbocycles. The Morgan fingerprint density at radius 1 is 1.07 bits per heavy atom. The fourth-order valence-corrected chi connectivity index (χ4v) is 2.62. The number of hydrogen-bond acceptors (Lipinski definition) is 6. The summed E-state index contributed by atoms with van der Waals surface area (Å²) in [4.78, 5) is 25.8. The van der Waals surface area contributed by atoms with Crippen LogP contribution in [0.25, 0.3) is 11.4 Å². The number of benzene rings is 2. The number of aromatic nitrogens is 4. The highest BCUT2D eigenvalue weighted by Crippen LogP contribution is 2.19. The van der Waals surface area contributed by atoms with Crippen LogP contribution in [0.5, 0.6) is 0 Å². The van der Waals surface area contributed by atoms with Gasteiger partial charge in [0, 0.05) is 43.6 Å². The number of hydrogen-bond donors (Lipinski definition) is 2. The van der Waals surface area contributed by atoms with E-state index in [1.54, 1.807) is 50.1 Å². The molecule has 9 heteroatoms. The van der Waals surface area contributed by atoms with Crippen molar-refractivity contribution in [2.24, 2.45) is 7.05 Å². The van der Waals surface area contributed by atoms with Crippen LogP contribution in [-0.4, -0.2) is 57.6 Å². The van der Waals surface area contributed by atoms with Crippen LogP contribution < -0.4 is 10.6 Å². The number of anilines is 2. The molecule has 0 aliphatic carbocycles. The lowest BCUT2D eigenvalue weighted by Crippen LogP contribution is -2.23. The van der Waals surface area contributed by atoms with Crippen LogP contribution in [-0.2, 0) is 11.8 Å². The molecule has 3 rings (SSSR count). The highest BCUT2D eigenvalue weighted by atomic mass is 16.2. The van der Waals surface area contributed by atoms with E-state index in [0.29, 0.717) is 17.1 Å². The monoisotopic (exact) mass is 379 g/mol. The van der Waals surface area contributed by atoms with Crippen LogP contribution in [0.4, 0.5) is 11.4 Å². The van der Waals surface area contributed by atoms with Gasteiger partial charge >= 0.3 is 0 Å². The van der Waals surface area contributed by atoms with E-state index in [-0.39, 0.29) is 18.4 Å². The zero-order chi connectivity index (χ0) is 20.1. The van der Waals surface area contributed by atoms with Gasteiger partial charge < -0.3 is 15.5 Å². The van der Waals surface area contributed by atoms with Crippen molar-refractivity contribution in [2.45, 2.75) is 0 Å². The van der Waals surface area contributed by atoms with Gasteiger partial charge in [-0.3, -0.25) is 9.59 Å². The molecule has 2 amide bonds. The minimum absolute atomic E-state index is 0.0758. The summed E-state index contributed by atoms with van der Waals surface area (Å²) in [6.07, 6.45) is 0. The maximum Gasteiger partial charge on any atom is 0.253 e. The Morgan fingerprint density at radius 2 is 1.82 bits per heavy atom. The van der Waals surface area contributed by atoms with Crippen molar-refractivity contribution < 1.29 is 9.59 Å². The SMILES string of the molecule is CN(C)C(=O)c1cccc(NC(=O)CNc2cccc(-c3nnnn3C)c2)c1. The van der Waals surface area contributed by atoms with Crippen LogP contribution in [0.1, 0.15) is 10.4 Å². The molecule has 0 aliphatic rings. The summed E-state index contributed by atoms with van der Waals surface area (Å²) < 4.78 is 1.58. The predicted molar refractivity (Wildman–Crippen MR) is 106 cm³/mol. The molecule has 0 bridgehead atoms. The maximum atomic E-state index is 12.3. The highest BCUT2D eigenvalue weighted by Gasteiger charge is 2.10. The molecular formula is C19H21N7O2. The zero-order valence-electron chi connectivity index (χ0n) is 15.9. The molecule has 0 radical (unpaired) electrons. The smallest absolute Gasteiger partial charge is 0.253 e. The van der Waals surface area contributed by atoms with Gasteiger partial charge in [-0.2, -0.15) is 0 Å². The second kappa shape index (κ2) is 8.30. The molecule has 0 saturated heterocycles. The summed E-state index contributed by atoms with van der Waals surface area (Å²) in [6.45, 7) is 0.0758. The Balaban J connectivity index is 1.62. The minimum atomic E-state index is -0.222. The third-order valence-corrected chi connectivity index (χ3v) is 3.99. The third kappa shape index (κ3) is 4.50. The number of carbonyl (C=O) groups excluding carboxylic acids is 2. The van der Waals surface area contributed by atoms with E-state index in [2.05, 4.69) is 26.2 Å². The predicted octanol–water partition coefficient (Wildman–Crippen LogP) is 1.63. The average Bonchev–Trinajstić information content (AvgIpc) is 3.12. The van der Waals surface area contributed by atoms with Gasteiger partial charge in [-0.1, -0.05) is 18.2 Å². The molecule has 0 atom stereocenters. The molecule has 0 spiro atoms. The number of nitrogens with one attached hydrogen (secondary N) is 2. The van der Waals surface area contributed by atoms with Crippen molar-refractivity contribution in [1.29, 1.82) is 0 Å². The second-order valence-corrected chi connectivity index (χ2v) is 6.39. The molecule has 9 nitrogen and oxygen atoms in total. The summed E-state index contributed by atoms with van der Waals surface area (Å²) in [7, 11) is 5.13. The number of tetrazole rings is 1. The summed E-state index contributed by atoms with van der Waals surface area (Å²) in [5.74, 6) is 0.292. The molecule has 0 aliphatic heterocycles. The molecule has 1 heterocycles. The van der Waals surface area contributed by atoms with Crippen LogP contribution in [0, 0.1) is 0 Å². The number of nitrogens with zero attached hydrogens (tertiary/aromatic N) is 5. The quantitative estimate of drug-likeness (QED) is 0.674. The molecule has 1 aromatic heterocycles. The van der Waals surface area contributed by atoms with Crippen LogP contribution >= 0.6 is 0 Å². The van der Waals surface area contributed by atoms with Gasteiger partial charge in [0.25, 0.3) is 5.91 Å². The van der Waals surface area contributed by atoms with Crippen molar-refractivity contribution in [3.05, 3.63) is 54.1 Å². The van der Waals surface area contributed by atoms with E-state index in [0.717, 1.165) is 11.3 Å². The summed E-state index contributed by atoms with van der Waals surface area (Å²) in [6, 6.07) is 14.3. The fraction of sp³-hybridized carbons (Fsp3) is 0.211. The van der Waals surface area contributed by atoms with Crippen LogP contribution in [0.15, 0.2) is 48.5 Å². The normalized spacial score (nSPS) is 10.4. The van der Waals surface area contributed by atoms with Gasteiger partial charge in [-0.15, -0.1) is 5.10 Å². The van der Waals surface area contributed by atoms with Gasteiger partial charge in [0.05, 0.1) is 6.54 Å². The molecule has 2 N–H and O–H groups in total. The molecule has 0 fully saturated rings. The topological polar surface area (TPSA) is 105 Å². The first-order valence-corrected chi connectivity index (χ1v) is 8.62. The maximum absolute atomic E-state index is 12.3. The van der Waals surface area contributed by atoms with Gasteiger partial charge in [0.15, 0.2) is 5.82 Å². The van der Waals surface area contributed by atoms with Crippen molar-refractivity contribution >= 4 is 23.2 Å². The summed E-state index contributed by atoms with van der Waals surface area (Å²) in [5.41, 5.74) is 2.69. The first kappa shape index (κ1) is 19.0. The number of carbonyl (C=O) groups is 2. The standard InChI is InChI=1S/C19H21N7O2/c1-25(2)19(28)14-7-5-9-16(11-14)21-17(27)12-20-15-8-4-6-13(10-15)18-22-23-24-26(18)3/h4-11,20H,12H2,1-3H3,(H,21,27). The minimum Gasteiger partial charge on any atom is -0.376 e. The van der Waals surface area contributed by atoms with Gasteiger partial charge in [-0.25, -0.2) is 4.68 Å². The molecule has 0 unspecified atom stereocenters. The third-order valence-electron chi connectivity index (χ3n) is 3.99. The average molecular weight is 379 g/mol. The van der Waals surface area contributed by atoms with E-state index in [1.165, 1.54) is 4.90 Å². The molecular weight excluding hydrogens is 358 g/mol. The van der Waals surface area contributed by atoms with E-state index < -0.39 is 0 Å². The Bertz CT molecular complexity index is 997. The number of rotatable bonds is 6. The van der Waals surface area contributed by atoms with Crippen LogP contribution in [0.2, 0.25) is 0 Å².